The molecule has 0 fully saturated rings. The third-order valence-electron chi connectivity index (χ3n) is 5.32. The van der Waals surface area contributed by atoms with E-state index in [1.54, 1.807) is 0 Å². The first-order chi connectivity index (χ1) is 13.7. The van der Waals surface area contributed by atoms with Crippen LogP contribution in [0.4, 0.5) is 0 Å². The molecular formula is C26H28N2. The molecule has 0 saturated carbocycles. The van der Waals surface area contributed by atoms with E-state index in [0.717, 1.165) is 11.1 Å². The van der Waals surface area contributed by atoms with Crippen molar-refractivity contribution in [3.8, 4) is 0 Å². The largest absolute Gasteiger partial charge is 0.326 e. The quantitative estimate of drug-likeness (QED) is 0.534. The highest BCUT2D eigenvalue weighted by atomic mass is 14.5. The second-order valence-corrected chi connectivity index (χ2v) is 6.87. The Morgan fingerprint density at radius 1 is 0.607 bits per heavy atom. The summed E-state index contributed by atoms with van der Waals surface area (Å²) in [6, 6.07) is 25.0. The molecule has 0 saturated heterocycles. The van der Waals surface area contributed by atoms with Crippen molar-refractivity contribution in [2.45, 2.75) is 24.9 Å². The van der Waals surface area contributed by atoms with Crippen LogP contribution in [0.15, 0.2) is 98.1 Å². The van der Waals surface area contributed by atoms with E-state index in [4.69, 9.17) is 11.5 Å². The molecule has 0 amide bonds. The average molecular weight is 369 g/mol. The van der Waals surface area contributed by atoms with Crippen LogP contribution in [0.2, 0.25) is 0 Å². The lowest BCUT2D eigenvalue weighted by atomic mass is 9.77. The molecule has 28 heavy (non-hydrogen) atoms. The van der Waals surface area contributed by atoms with E-state index in [2.05, 4.69) is 73.8 Å². The van der Waals surface area contributed by atoms with Gasteiger partial charge in [0.2, 0.25) is 0 Å². The summed E-state index contributed by atoms with van der Waals surface area (Å²) in [5, 5.41) is 0. The molecule has 2 heteroatoms. The predicted octanol–water partition coefficient (Wildman–Crippen LogP) is 5.24. The fourth-order valence-corrected chi connectivity index (χ4v) is 3.98. The topological polar surface area (TPSA) is 52.0 Å². The van der Waals surface area contributed by atoms with E-state index in [1.165, 1.54) is 22.3 Å². The normalized spacial score (nSPS) is 12.9. The minimum Gasteiger partial charge on any atom is -0.326 e. The van der Waals surface area contributed by atoms with Gasteiger partial charge in [-0.2, -0.15) is 0 Å². The van der Waals surface area contributed by atoms with Gasteiger partial charge in [-0.3, -0.25) is 0 Å². The molecule has 142 valence electrons. The fraction of sp³-hybridized carbons (Fsp3) is 0.154. The first kappa shape index (κ1) is 19.8. The molecule has 3 aromatic carbocycles. The molecule has 0 aromatic heterocycles. The molecule has 0 aliphatic heterocycles. The number of allylic oxidation sites excluding steroid dienone is 2. The molecule has 0 radical (unpaired) electrons. The minimum absolute atomic E-state index is 0.0346. The first-order valence-corrected chi connectivity index (χ1v) is 9.64. The standard InChI is InChI=1S/C26H28N2/c1-3-23(19-11-7-5-8-12-19)25-21(17-27)15-16-22(18-28)26(25)24(4-2)20-13-9-6-10-14-20/h3-16,23-24H,1-2,17-18,27-28H2. The van der Waals surface area contributed by atoms with E-state index in [1.807, 2.05) is 24.3 Å². The van der Waals surface area contributed by atoms with Gasteiger partial charge in [-0.1, -0.05) is 84.9 Å². The van der Waals surface area contributed by atoms with E-state index in [9.17, 15) is 0 Å². The fourth-order valence-electron chi connectivity index (χ4n) is 3.98. The van der Waals surface area contributed by atoms with Crippen LogP contribution >= 0.6 is 0 Å². The Morgan fingerprint density at radius 3 is 1.25 bits per heavy atom. The number of nitrogens with two attached hydrogens (primary N) is 2. The van der Waals surface area contributed by atoms with Crippen molar-refractivity contribution in [3.63, 3.8) is 0 Å². The van der Waals surface area contributed by atoms with Crippen LogP contribution in [0.5, 0.6) is 0 Å². The van der Waals surface area contributed by atoms with Crippen molar-refractivity contribution in [2.24, 2.45) is 11.5 Å². The third kappa shape index (κ3) is 3.84. The summed E-state index contributed by atoms with van der Waals surface area (Å²) in [6.07, 6.45) is 4.00. The van der Waals surface area contributed by atoms with E-state index < -0.39 is 0 Å². The SMILES string of the molecule is C=CC(c1ccccc1)c1c(CN)ccc(CN)c1C(C=C)c1ccccc1. The lowest BCUT2D eigenvalue weighted by Gasteiger charge is -2.28. The molecular weight excluding hydrogens is 340 g/mol. The van der Waals surface area contributed by atoms with Crippen molar-refractivity contribution in [1.29, 1.82) is 0 Å². The average Bonchev–Trinajstić information content (AvgIpc) is 2.76. The highest BCUT2D eigenvalue weighted by Gasteiger charge is 2.25. The van der Waals surface area contributed by atoms with Gasteiger partial charge in [0.1, 0.15) is 0 Å². The van der Waals surface area contributed by atoms with E-state index >= 15 is 0 Å². The van der Waals surface area contributed by atoms with Crippen molar-refractivity contribution >= 4 is 0 Å². The maximum Gasteiger partial charge on any atom is 0.0273 e. The number of hydrogen-bond acceptors (Lipinski definition) is 2. The highest BCUT2D eigenvalue weighted by molar-refractivity contribution is 5.54. The second-order valence-electron chi connectivity index (χ2n) is 6.87. The molecule has 3 aromatic rings. The number of rotatable bonds is 8. The molecule has 0 aliphatic carbocycles. The minimum atomic E-state index is 0.0346. The van der Waals surface area contributed by atoms with Crippen molar-refractivity contribution < 1.29 is 0 Å². The summed E-state index contributed by atoms with van der Waals surface area (Å²) in [7, 11) is 0. The van der Waals surface area contributed by atoms with Crippen LogP contribution in [0.1, 0.15) is 45.2 Å². The van der Waals surface area contributed by atoms with E-state index in [0.29, 0.717) is 13.1 Å². The van der Waals surface area contributed by atoms with Gasteiger partial charge in [0, 0.05) is 24.9 Å². The Hall–Kier alpha value is -2.94. The lowest BCUT2D eigenvalue weighted by Crippen LogP contribution is -2.16. The van der Waals surface area contributed by atoms with Gasteiger partial charge < -0.3 is 11.5 Å². The Labute approximate surface area is 168 Å². The van der Waals surface area contributed by atoms with Crippen LogP contribution in [-0.2, 0) is 13.1 Å². The zero-order valence-electron chi connectivity index (χ0n) is 16.2. The third-order valence-corrected chi connectivity index (χ3v) is 5.32. The van der Waals surface area contributed by atoms with Gasteiger partial charge in [-0.15, -0.1) is 13.2 Å². The smallest absolute Gasteiger partial charge is 0.0273 e. The molecule has 2 nitrogen and oxygen atoms in total. The van der Waals surface area contributed by atoms with Crippen LogP contribution in [0, 0.1) is 0 Å². The van der Waals surface area contributed by atoms with Crippen LogP contribution in [0.3, 0.4) is 0 Å². The number of hydrogen-bond donors (Lipinski definition) is 2. The molecule has 3 rings (SSSR count). The van der Waals surface area contributed by atoms with Crippen molar-refractivity contribution in [2.75, 3.05) is 0 Å². The summed E-state index contributed by atoms with van der Waals surface area (Å²) in [4.78, 5) is 0. The Bertz CT molecular complexity index is 851. The predicted molar refractivity (Wildman–Crippen MR) is 119 cm³/mol. The molecule has 0 spiro atoms. The maximum absolute atomic E-state index is 6.17. The van der Waals surface area contributed by atoms with Gasteiger partial charge in [0.25, 0.3) is 0 Å². The van der Waals surface area contributed by atoms with Crippen LogP contribution in [0.25, 0.3) is 0 Å². The molecule has 2 atom stereocenters. The van der Waals surface area contributed by atoms with Gasteiger partial charge >= 0.3 is 0 Å². The van der Waals surface area contributed by atoms with Crippen LogP contribution in [-0.4, -0.2) is 0 Å². The zero-order chi connectivity index (χ0) is 19.9. The van der Waals surface area contributed by atoms with Gasteiger partial charge in [-0.25, -0.2) is 0 Å². The molecule has 0 bridgehead atoms. The van der Waals surface area contributed by atoms with Gasteiger partial charge in [-0.05, 0) is 33.4 Å². The van der Waals surface area contributed by atoms with Gasteiger partial charge in [0.15, 0.2) is 0 Å². The maximum atomic E-state index is 6.17. The zero-order valence-corrected chi connectivity index (χ0v) is 16.2. The summed E-state index contributed by atoms with van der Waals surface area (Å²) in [6.45, 7) is 9.21. The number of benzene rings is 3. The lowest BCUT2D eigenvalue weighted by molar-refractivity contribution is 0.870. The summed E-state index contributed by atoms with van der Waals surface area (Å²) in [5.41, 5.74) is 19.3. The monoisotopic (exact) mass is 368 g/mol. The van der Waals surface area contributed by atoms with Crippen molar-refractivity contribution in [1.82, 2.24) is 0 Å². The molecule has 4 N–H and O–H groups in total. The summed E-state index contributed by atoms with van der Waals surface area (Å²) < 4.78 is 0. The molecule has 0 heterocycles. The first-order valence-electron chi connectivity index (χ1n) is 9.64. The van der Waals surface area contributed by atoms with Crippen molar-refractivity contribution in [3.05, 3.63) is 131 Å². The Morgan fingerprint density at radius 2 is 0.964 bits per heavy atom. The summed E-state index contributed by atoms with van der Waals surface area (Å²) in [5.74, 6) is 0.0693. The Balaban J connectivity index is 2.31. The molecule has 2 unspecified atom stereocenters. The van der Waals surface area contributed by atoms with Gasteiger partial charge in [0.05, 0.1) is 0 Å². The summed E-state index contributed by atoms with van der Waals surface area (Å²) >= 11 is 0. The Kier molecular flexibility index (Phi) is 6.59. The van der Waals surface area contributed by atoms with Crippen LogP contribution < -0.4 is 11.5 Å². The second kappa shape index (κ2) is 9.32. The highest BCUT2D eigenvalue weighted by Crippen LogP contribution is 2.39. The molecule has 0 aliphatic rings. The van der Waals surface area contributed by atoms with E-state index in [-0.39, 0.29) is 11.8 Å².